The molecule has 1 atom stereocenters. The van der Waals surface area contributed by atoms with Crippen LogP contribution in [0.3, 0.4) is 0 Å². The Balaban J connectivity index is 1.96. The lowest BCUT2D eigenvalue weighted by molar-refractivity contribution is -0.139. The zero-order valence-corrected chi connectivity index (χ0v) is 14.8. The van der Waals surface area contributed by atoms with Crippen molar-refractivity contribution in [3.63, 3.8) is 0 Å². The monoisotopic (exact) mass is 372 g/mol. The summed E-state index contributed by atoms with van der Waals surface area (Å²) in [5.41, 5.74) is -0.700. The van der Waals surface area contributed by atoms with Gasteiger partial charge >= 0.3 is 6.18 Å². The highest BCUT2D eigenvalue weighted by Crippen LogP contribution is 2.34. The molecule has 0 aliphatic carbocycles. The molecule has 144 valence electrons. The molecule has 1 N–H and O–H groups in total. The molecule has 1 aromatic rings. The molecular formula is C18H23F3N2O3. The Kier molecular flexibility index (Phi) is 6.63. The maximum absolute atomic E-state index is 13.1. The summed E-state index contributed by atoms with van der Waals surface area (Å²) in [6, 6.07) is 4.48. The van der Waals surface area contributed by atoms with E-state index in [9.17, 15) is 22.8 Å². The fraction of sp³-hybridized carbons (Fsp3) is 0.556. The molecule has 0 radical (unpaired) electrons. The molecular weight excluding hydrogens is 349 g/mol. The smallest absolute Gasteiger partial charge is 0.375 e. The van der Waals surface area contributed by atoms with Gasteiger partial charge in [0, 0.05) is 26.1 Å². The first kappa shape index (κ1) is 20.2. The molecule has 1 saturated heterocycles. The van der Waals surface area contributed by atoms with Crippen LogP contribution >= 0.6 is 0 Å². The summed E-state index contributed by atoms with van der Waals surface area (Å²) in [6.45, 7) is 2.42. The summed E-state index contributed by atoms with van der Waals surface area (Å²) in [7, 11) is 1.44. The van der Waals surface area contributed by atoms with E-state index in [2.05, 4.69) is 5.32 Å². The van der Waals surface area contributed by atoms with E-state index in [1.54, 1.807) is 11.8 Å². The highest BCUT2D eigenvalue weighted by Gasteiger charge is 2.35. The molecule has 1 aliphatic heterocycles. The van der Waals surface area contributed by atoms with Gasteiger partial charge in [-0.3, -0.25) is 9.59 Å². The van der Waals surface area contributed by atoms with Crippen molar-refractivity contribution in [3.05, 3.63) is 35.4 Å². The van der Waals surface area contributed by atoms with Gasteiger partial charge < -0.3 is 15.0 Å². The number of piperidine rings is 1. The second-order valence-corrected chi connectivity index (χ2v) is 6.40. The van der Waals surface area contributed by atoms with E-state index in [0.717, 1.165) is 6.07 Å². The van der Waals surface area contributed by atoms with Crippen LogP contribution in [0.2, 0.25) is 0 Å². The number of benzene rings is 1. The number of likely N-dealkylation sites (tertiary alicyclic amines) is 1. The van der Waals surface area contributed by atoms with E-state index < -0.39 is 17.8 Å². The van der Waals surface area contributed by atoms with Gasteiger partial charge in [-0.1, -0.05) is 18.2 Å². The molecule has 0 aromatic heterocycles. The molecule has 0 spiro atoms. The van der Waals surface area contributed by atoms with E-state index in [-0.39, 0.29) is 29.9 Å². The summed E-state index contributed by atoms with van der Waals surface area (Å²) in [4.78, 5) is 25.8. The van der Waals surface area contributed by atoms with Crippen molar-refractivity contribution in [2.75, 3.05) is 26.8 Å². The lowest BCUT2D eigenvalue weighted by atomic mass is 9.94. The number of carbonyl (C=O) groups excluding carboxylic acids is 2. The van der Waals surface area contributed by atoms with Gasteiger partial charge in [0.2, 0.25) is 11.8 Å². The Labute approximate surface area is 150 Å². The number of hydrogen-bond donors (Lipinski definition) is 1. The lowest BCUT2D eigenvalue weighted by Gasteiger charge is -2.32. The first-order valence-corrected chi connectivity index (χ1v) is 8.47. The molecule has 26 heavy (non-hydrogen) atoms. The van der Waals surface area contributed by atoms with Crippen molar-refractivity contribution in [3.8, 4) is 0 Å². The van der Waals surface area contributed by atoms with E-state index in [0.29, 0.717) is 25.9 Å². The normalized spacial score (nSPS) is 17.0. The summed E-state index contributed by atoms with van der Waals surface area (Å²) < 4.78 is 44.2. The summed E-state index contributed by atoms with van der Waals surface area (Å²) in [5, 5.41) is 2.68. The maximum Gasteiger partial charge on any atom is 0.416 e. The highest BCUT2D eigenvalue weighted by molar-refractivity contribution is 5.80. The van der Waals surface area contributed by atoms with Crippen molar-refractivity contribution < 1.29 is 27.5 Å². The number of rotatable bonds is 5. The second kappa shape index (κ2) is 8.53. The van der Waals surface area contributed by atoms with Gasteiger partial charge in [0.25, 0.3) is 0 Å². The molecule has 1 heterocycles. The molecule has 0 unspecified atom stereocenters. The van der Waals surface area contributed by atoms with Gasteiger partial charge in [-0.25, -0.2) is 0 Å². The number of amides is 2. The lowest BCUT2D eigenvalue weighted by Crippen LogP contribution is -2.44. The Morgan fingerprint density at radius 2 is 1.88 bits per heavy atom. The topological polar surface area (TPSA) is 58.6 Å². The molecule has 5 nitrogen and oxygen atoms in total. The van der Waals surface area contributed by atoms with Crippen molar-refractivity contribution in [1.29, 1.82) is 0 Å². The first-order chi connectivity index (χ1) is 12.2. The van der Waals surface area contributed by atoms with Gasteiger partial charge in [0.15, 0.2) is 0 Å². The third-order valence-corrected chi connectivity index (χ3v) is 4.58. The Hall–Kier alpha value is -2.09. The third-order valence-electron chi connectivity index (χ3n) is 4.58. The summed E-state index contributed by atoms with van der Waals surface area (Å²) in [6.07, 6.45) is -3.51. The Morgan fingerprint density at radius 3 is 2.46 bits per heavy atom. The fourth-order valence-corrected chi connectivity index (χ4v) is 3.15. The van der Waals surface area contributed by atoms with Crippen LogP contribution in [-0.2, 0) is 20.5 Å². The van der Waals surface area contributed by atoms with E-state index in [4.69, 9.17) is 4.74 Å². The number of nitrogens with zero attached hydrogens (tertiary/aromatic N) is 1. The van der Waals surface area contributed by atoms with Crippen molar-refractivity contribution in [2.45, 2.75) is 32.0 Å². The number of ether oxygens (including phenoxy) is 1. The average Bonchev–Trinajstić information content (AvgIpc) is 2.61. The minimum atomic E-state index is -4.47. The average molecular weight is 372 g/mol. The quantitative estimate of drug-likeness (QED) is 0.865. The van der Waals surface area contributed by atoms with Gasteiger partial charge in [-0.05, 0) is 31.4 Å². The Morgan fingerprint density at radius 1 is 1.27 bits per heavy atom. The molecule has 8 heteroatoms. The maximum atomic E-state index is 13.1. The van der Waals surface area contributed by atoms with Crippen LogP contribution in [0, 0.1) is 5.92 Å². The summed E-state index contributed by atoms with van der Waals surface area (Å²) in [5.74, 6) is -0.728. The highest BCUT2D eigenvalue weighted by atomic mass is 19.4. The standard InChI is InChI=1S/C18H23F3N2O3/c1-12(14-5-3-4-6-15(14)18(19,20)21)22-17(25)13-7-9-23(10-8-13)16(24)11-26-2/h3-6,12-13H,7-11H2,1-2H3,(H,22,25)/t12-/m1/s1. The van der Waals surface area contributed by atoms with Gasteiger partial charge in [-0.2, -0.15) is 13.2 Å². The van der Waals surface area contributed by atoms with Crippen LogP contribution in [0.25, 0.3) is 0 Å². The zero-order chi connectivity index (χ0) is 19.3. The molecule has 1 fully saturated rings. The van der Waals surface area contributed by atoms with Crippen LogP contribution in [0.5, 0.6) is 0 Å². The Bertz CT molecular complexity index is 641. The SMILES string of the molecule is COCC(=O)N1CCC(C(=O)N[C@H](C)c2ccccc2C(F)(F)F)CC1. The van der Waals surface area contributed by atoms with Crippen molar-refractivity contribution in [1.82, 2.24) is 10.2 Å². The number of hydrogen-bond acceptors (Lipinski definition) is 3. The molecule has 1 aromatic carbocycles. The molecule has 2 rings (SSSR count). The number of methoxy groups -OCH3 is 1. The molecule has 0 saturated carbocycles. The molecule has 2 amide bonds. The van der Waals surface area contributed by atoms with Gasteiger partial charge in [-0.15, -0.1) is 0 Å². The third kappa shape index (κ3) is 4.97. The van der Waals surface area contributed by atoms with Crippen LogP contribution in [0.4, 0.5) is 13.2 Å². The molecule has 0 bridgehead atoms. The molecule has 1 aliphatic rings. The minimum Gasteiger partial charge on any atom is -0.375 e. The van der Waals surface area contributed by atoms with Crippen LogP contribution in [0.15, 0.2) is 24.3 Å². The van der Waals surface area contributed by atoms with Crippen molar-refractivity contribution >= 4 is 11.8 Å². The van der Waals surface area contributed by atoms with Crippen LogP contribution in [-0.4, -0.2) is 43.5 Å². The zero-order valence-electron chi connectivity index (χ0n) is 14.8. The number of halogens is 3. The number of nitrogens with one attached hydrogen (secondary N) is 1. The van der Waals surface area contributed by atoms with Crippen molar-refractivity contribution in [2.24, 2.45) is 5.92 Å². The first-order valence-electron chi connectivity index (χ1n) is 8.47. The predicted molar refractivity (Wildman–Crippen MR) is 89.2 cm³/mol. The van der Waals surface area contributed by atoms with Gasteiger partial charge in [0.05, 0.1) is 11.6 Å². The van der Waals surface area contributed by atoms with Gasteiger partial charge in [0.1, 0.15) is 6.61 Å². The largest absolute Gasteiger partial charge is 0.416 e. The van der Waals surface area contributed by atoms with E-state index in [1.807, 2.05) is 0 Å². The summed E-state index contributed by atoms with van der Waals surface area (Å²) >= 11 is 0. The minimum absolute atomic E-state index is 0.00211. The van der Waals surface area contributed by atoms with E-state index >= 15 is 0 Å². The van der Waals surface area contributed by atoms with Crippen LogP contribution < -0.4 is 5.32 Å². The van der Waals surface area contributed by atoms with E-state index in [1.165, 1.54) is 25.3 Å². The predicted octanol–water partition coefficient (Wildman–Crippen LogP) is 2.77. The fourth-order valence-electron chi connectivity index (χ4n) is 3.15. The number of carbonyl (C=O) groups is 2. The van der Waals surface area contributed by atoms with Crippen LogP contribution in [0.1, 0.15) is 36.9 Å². The number of alkyl halides is 3. The second-order valence-electron chi connectivity index (χ2n) is 6.40.